The van der Waals surface area contributed by atoms with Gasteiger partial charge in [-0.3, -0.25) is 4.79 Å². The van der Waals surface area contributed by atoms with E-state index in [0.717, 1.165) is 25.8 Å². The molecule has 1 amide bonds. The number of carbonyl (C=O) groups is 1. The van der Waals surface area contributed by atoms with Gasteiger partial charge in [0.25, 0.3) is 5.91 Å². The van der Waals surface area contributed by atoms with E-state index in [1.165, 1.54) is 19.0 Å². The number of hydrogen-bond acceptors (Lipinski definition) is 2. The topological polar surface area (TPSA) is 33.2 Å². The van der Waals surface area contributed by atoms with Crippen molar-refractivity contribution in [2.45, 2.75) is 52.0 Å². The zero-order chi connectivity index (χ0) is 15.4. The van der Waals surface area contributed by atoms with Gasteiger partial charge in [0, 0.05) is 18.8 Å². The summed E-state index contributed by atoms with van der Waals surface area (Å²) in [4.78, 5) is 18.8. The molecule has 5 heteroatoms. The molecule has 21 heavy (non-hydrogen) atoms. The summed E-state index contributed by atoms with van der Waals surface area (Å²) >= 11 is 12.0. The molecule has 0 saturated heterocycles. The Hall–Kier alpha value is -0.800. The summed E-state index contributed by atoms with van der Waals surface area (Å²) in [6, 6.07) is 1.91. The van der Waals surface area contributed by atoms with Crippen molar-refractivity contribution in [3.05, 3.63) is 28.0 Å². The van der Waals surface area contributed by atoms with Crippen LogP contribution in [0.25, 0.3) is 0 Å². The summed E-state index contributed by atoms with van der Waals surface area (Å²) in [5, 5.41) is 0.676. The summed E-state index contributed by atoms with van der Waals surface area (Å²) in [7, 11) is 0. The maximum absolute atomic E-state index is 12.9. The summed E-state index contributed by atoms with van der Waals surface area (Å²) in [6.45, 7) is 5.12. The average Bonchev–Trinajstić information content (AvgIpc) is 2.95. The second-order valence-electron chi connectivity index (χ2n) is 6.11. The smallest absolute Gasteiger partial charge is 0.255 e. The predicted octanol–water partition coefficient (Wildman–Crippen LogP) is 4.82. The molecule has 116 valence electrons. The molecule has 3 nitrogen and oxygen atoms in total. The van der Waals surface area contributed by atoms with Crippen LogP contribution in [0.2, 0.25) is 10.2 Å². The van der Waals surface area contributed by atoms with E-state index in [9.17, 15) is 4.79 Å². The molecular formula is C16H22Cl2N2O. The van der Waals surface area contributed by atoms with E-state index in [1.807, 2.05) is 4.90 Å². The largest absolute Gasteiger partial charge is 0.336 e. The van der Waals surface area contributed by atoms with E-state index < -0.39 is 0 Å². The van der Waals surface area contributed by atoms with Crippen LogP contribution in [0.1, 0.15) is 56.3 Å². The van der Waals surface area contributed by atoms with Gasteiger partial charge in [-0.2, -0.15) is 0 Å². The molecule has 0 aliphatic heterocycles. The SMILES string of the molecule is CC(C)CCN(C(=O)c1cc(Cl)ncc1Cl)C1CCCC1. The molecule has 1 aromatic heterocycles. The molecule has 0 N–H and O–H groups in total. The van der Waals surface area contributed by atoms with Crippen molar-refractivity contribution in [3.63, 3.8) is 0 Å². The number of pyridine rings is 1. The highest BCUT2D eigenvalue weighted by Crippen LogP contribution is 2.28. The lowest BCUT2D eigenvalue weighted by atomic mass is 10.1. The summed E-state index contributed by atoms with van der Waals surface area (Å²) in [6.07, 6.45) is 7.01. The molecule has 0 radical (unpaired) electrons. The molecule has 0 atom stereocenters. The van der Waals surface area contributed by atoms with Gasteiger partial charge in [-0.1, -0.05) is 49.9 Å². The first kappa shape index (κ1) is 16.6. The van der Waals surface area contributed by atoms with Crippen LogP contribution in [0.15, 0.2) is 12.3 Å². The maximum Gasteiger partial charge on any atom is 0.255 e. The van der Waals surface area contributed by atoms with Crippen LogP contribution in [0.3, 0.4) is 0 Å². The Morgan fingerprint density at radius 1 is 1.38 bits per heavy atom. The van der Waals surface area contributed by atoms with Gasteiger partial charge >= 0.3 is 0 Å². The second kappa shape index (κ2) is 7.46. The minimum absolute atomic E-state index is 0.0168. The fraction of sp³-hybridized carbons (Fsp3) is 0.625. The zero-order valence-corrected chi connectivity index (χ0v) is 14.1. The Bertz CT molecular complexity index is 499. The van der Waals surface area contributed by atoms with Crippen molar-refractivity contribution >= 4 is 29.1 Å². The van der Waals surface area contributed by atoms with Gasteiger partial charge in [-0.25, -0.2) is 4.98 Å². The third kappa shape index (κ3) is 4.33. The van der Waals surface area contributed by atoms with Crippen molar-refractivity contribution in [3.8, 4) is 0 Å². The van der Waals surface area contributed by atoms with Crippen molar-refractivity contribution < 1.29 is 4.79 Å². The van der Waals surface area contributed by atoms with Crippen LogP contribution in [-0.2, 0) is 0 Å². The average molecular weight is 329 g/mol. The Morgan fingerprint density at radius 3 is 2.67 bits per heavy atom. The van der Waals surface area contributed by atoms with Crippen molar-refractivity contribution in [2.24, 2.45) is 5.92 Å². The highest BCUT2D eigenvalue weighted by atomic mass is 35.5. The number of hydrogen-bond donors (Lipinski definition) is 0. The van der Waals surface area contributed by atoms with Crippen LogP contribution < -0.4 is 0 Å². The van der Waals surface area contributed by atoms with Crippen molar-refractivity contribution in [2.75, 3.05) is 6.54 Å². The van der Waals surface area contributed by atoms with Crippen LogP contribution in [0.4, 0.5) is 0 Å². The third-order valence-electron chi connectivity index (χ3n) is 4.03. The Kier molecular flexibility index (Phi) is 5.88. The highest BCUT2D eigenvalue weighted by Gasteiger charge is 2.28. The van der Waals surface area contributed by atoms with Gasteiger partial charge in [0.15, 0.2) is 0 Å². The number of nitrogens with zero attached hydrogens (tertiary/aromatic N) is 2. The highest BCUT2D eigenvalue weighted by molar-refractivity contribution is 6.35. The monoisotopic (exact) mass is 328 g/mol. The lowest BCUT2D eigenvalue weighted by molar-refractivity contribution is 0.0672. The Labute approximate surface area is 136 Å². The maximum atomic E-state index is 12.9. The van der Waals surface area contributed by atoms with Crippen molar-refractivity contribution in [1.29, 1.82) is 0 Å². The Morgan fingerprint density at radius 2 is 2.05 bits per heavy atom. The lowest BCUT2D eigenvalue weighted by Crippen LogP contribution is -2.40. The van der Waals surface area contributed by atoms with Crippen LogP contribution >= 0.6 is 23.2 Å². The second-order valence-corrected chi connectivity index (χ2v) is 6.90. The molecule has 1 aliphatic carbocycles. The van der Waals surface area contributed by atoms with E-state index in [2.05, 4.69) is 18.8 Å². The fourth-order valence-corrected chi connectivity index (χ4v) is 3.14. The molecule has 1 aromatic rings. The number of aromatic nitrogens is 1. The standard InChI is InChI=1S/C16H22Cl2N2O/c1-11(2)7-8-20(12-5-3-4-6-12)16(21)13-9-15(18)19-10-14(13)17/h9-12H,3-8H2,1-2H3. The number of amides is 1. The van der Waals surface area contributed by atoms with Gasteiger partial charge in [-0.05, 0) is 31.2 Å². The summed E-state index contributed by atoms with van der Waals surface area (Å²) < 4.78 is 0. The fourth-order valence-electron chi connectivity index (χ4n) is 2.79. The van der Waals surface area contributed by atoms with E-state index in [-0.39, 0.29) is 5.91 Å². The van der Waals surface area contributed by atoms with Gasteiger partial charge in [-0.15, -0.1) is 0 Å². The van der Waals surface area contributed by atoms with Crippen LogP contribution in [0, 0.1) is 5.92 Å². The number of halogens is 2. The first-order chi connectivity index (χ1) is 9.99. The molecule has 2 rings (SSSR count). The third-order valence-corrected chi connectivity index (χ3v) is 4.53. The molecule has 0 bridgehead atoms. The minimum Gasteiger partial charge on any atom is -0.336 e. The van der Waals surface area contributed by atoms with Crippen LogP contribution in [0.5, 0.6) is 0 Å². The Balaban J connectivity index is 2.21. The number of rotatable bonds is 5. The first-order valence-corrected chi connectivity index (χ1v) is 8.36. The van der Waals surface area contributed by atoms with Gasteiger partial charge < -0.3 is 4.90 Å². The van der Waals surface area contributed by atoms with E-state index in [0.29, 0.717) is 27.7 Å². The quantitative estimate of drug-likeness (QED) is 0.726. The predicted molar refractivity (Wildman–Crippen MR) is 87.0 cm³/mol. The summed E-state index contributed by atoms with van der Waals surface area (Å²) in [5.74, 6) is 0.551. The normalized spacial score (nSPS) is 15.7. The molecule has 1 fully saturated rings. The molecule has 1 heterocycles. The molecule has 0 aromatic carbocycles. The first-order valence-electron chi connectivity index (χ1n) is 7.61. The molecule has 1 saturated carbocycles. The van der Waals surface area contributed by atoms with E-state index in [1.54, 1.807) is 6.07 Å². The lowest BCUT2D eigenvalue weighted by Gasteiger charge is -2.30. The van der Waals surface area contributed by atoms with Crippen LogP contribution in [-0.4, -0.2) is 28.4 Å². The molecule has 1 aliphatic rings. The summed E-state index contributed by atoms with van der Waals surface area (Å²) in [5.41, 5.74) is 0.465. The van der Waals surface area contributed by atoms with Gasteiger partial charge in [0.2, 0.25) is 0 Å². The zero-order valence-electron chi connectivity index (χ0n) is 12.6. The van der Waals surface area contributed by atoms with E-state index in [4.69, 9.17) is 23.2 Å². The minimum atomic E-state index is -0.0168. The van der Waals surface area contributed by atoms with Crippen molar-refractivity contribution in [1.82, 2.24) is 9.88 Å². The number of carbonyl (C=O) groups excluding carboxylic acids is 1. The van der Waals surface area contributed by atoms with E-state index >= 15 is 0 Å². The van der Waals surface area contributed by atoms with Gasteiger partial charge in [0.1, 0.15) is 5.15 Å². The molecule has 0 unspecified atom stereocenters. The van der Waals surface area contributed by atoms with Gasteiger partial charge in [0.05, 0.1) is 10.6 Å². The molecule has 0 spiro atoms. The molecular weight excluding hydrogens is 307 g/mol.